The van der Waals surface area contributed by atoms with E-state index < -0.39 is 12.2 Å². The molecule has 0 aromatic carbocycles. The molecule has 2 N–H and O–H groups in total. The lowest BCUT2D eigenvalue weighted by molar-refractivity contribution is 0.00713. The highest BCUT2D eigenvalue weighted by atomic mass is 16.3. The number of aliphatic hydroxyl groups is 2. The van der Waals surface area contributed by atoms with Gasteiger partial charge in [0.25, 0.3) is 0 Å². The van der Waals surface area contributed by atoms with E-state index in [1.165, 1.54) is 77.0 Å². The van der Waals surface area contributed by atoms with Gasteiger partial charge in [0, 0.05) is 0 Å². The fourth-order valence-corrected chi connectivity index (χ4v) is 3.01. The first-order chi connectivity index (χ1) is 10.7. The first kappa shape index (κ1) is 21.9. The van der Waals surface area contributed by atoms with E-state index in [1.807, 2.05) is 0 Å². The highest BCUT2D eigenvalue weighted by Gasteiger charge is 2.14. The van der Waals surface area contributed by atoms with E-state index in [1.54, 1.807) is 0 Å². The third-order valence-electron chi connectivity index (χ3n) is 4.65. The Hall–Kier alpha value is -0.0800. The monoisotopic (exact) mass is 314 g/mol. The molecule has 134 valence electrons. The zero-order valence-electron chi connectivity index (χ0n) is 15.4. The van der Waals surface area contributed by atoms with Crippen LogP contribution >= 0.6 is 0 Å². The van der Waals surface area contributed by atoms with Crippen LogP contribution in [0.2, 0.25) is 0 Å². The smallest absolute Gasteiger partial charge is 0.0799 e. The van der Waals surface area contributed by atoms with Crippen LogP contribution in [0.5, 0.6) is 0 Å². The van der Waals surface area contributed by atoms with E-state index in [-0.39, 0.29) is 0 Å². The van der Waals surface area contributed by atoms with Gasteiger partial charge in [-0.25, -0.2) is 0 Å². The maximum absolute atomic E-state index is 9.95. The molecule has 0 aliphatic rings. The van der Waals surface area contributed by atoms with Gasteiger partial charge in [0.2, 0.25) is 0 Å². The van der Waals surface area contributed by atoms with Gasteiger partial charge >= 0.3 is 0 Å². The topological polar surface area (TPSA) is 40.5 Å². The van der Waals surface area contributed by atoms with Crippen molar-refractivity contribution in [1.29, 1.82) is 0 Å². The minimum absolute atomic E-state index is 0.504. The van der Waals surface area contributed by atoms with Crippen molar-refractivity contribution in [2.24, 2.45) is 0 Å². The Balaban J connectivity index is 3.28. The van der Waals surface area contributed by atoms with Crippen LogP contribution in [0.3, 0.4) is 0 Å². The number of aliphatic hydroxyl groups excluding tert-OH is 2. The second-order valence-corrected chi connectivity index (χ2v) is 6.95. The Morgan fingerprint density at radius 3 is 1.09 bits per heavy atom. The molecule has 0 aliphatic heterocycles. The molecule has 0 saturated heterocycles. The summed E-state index contributed by atoms with van der Waals surface area (Å²) in [6, 6.07) is 0. The van der Waals surface area contributed by atoms with E-state index in [4.69, 9.17) is 0 Å². The van der Waals surface area contributed by atoms with Crippen LogP contribution in [0.1, 0.15) is 117 Å². The average Bonchev–Trinajstić information content (AvgIpc) is 2.53. The zero-order valence-corrected chi connectivity index (χ0v) is 15.4. The molecule has 22 heavy (non-hydrogen) atoms. The molecule has 0 fully saturated rings. The van der Waals surface area contributed by atoms with Gasteiger partial charge in [0.1, 0.15) is 0 Å². The molecule has 0 radical (unpaired) electrons. The minimum atomic E-state index is -0.504. The lowest BCUT2D eigenvalue weighted by atomic mass is 10.00. The summed E-state index contributed by atoms with van der Waals surface area (Å²) >= 11 is 0. The van der Waals surface area contributed by atoms with E-state index in [0.717, 1.165) is 25.7 Å². The van der Waals surface area contributed by atoms with Crippen LogP contribution in [-0.2, 0) is 0 Å². The largest absolute Gasteiger partial charge is 0.390 e. The van der Waals surface area contributed by atoms with Gasteiger partial charge in [-0.15, -0.1) is 0 Å². The van der Waals surface area contributed by atoms with Crippen molar-refractivity contribution >= 4 is 0 Å². The second-order valence-electron chi connectivity index (χ2n) is 6.95. The predicted octanol–water partition coefficient (Wildman–Crippen LogP) is 5.99. The number of hydrogen-bond donors (Lipinski definition) is 2. The van der Waals surface area contributed by atoms with Gasteiger partial charge in [0.15, 0.2) is 0 Å². The van der Waals surface area contributed by atoms with Crippen LogP contribution in [0.25, 0.3) is 0 Å². The van der Waals surface area contributed by atoms with Crippen LogP contribution in [0.4, 0.5) is 0 Å². The molecule has 0 aromatic heterocycles. The third kappa shape index (κ3) is 14.8. The number of unbranched alkanes of at least 4 members (excludes halogenated alkanes) is 12. The van der Waals surface area contributed by atoms with Crippen molar-refractivity contribution in [3.63, 3.8) is 0 Å². The van der Waals surface area contributed by atoms with Crippen molar-refractivity contribution in [3.8, 4) is 0 Å². The van der Waals surface area contributed by atoms with Gasteiger partial charge in [-0.1, -0.05) is 104 Å². The third-order valence-corrected chi connectivity index (χ3v) is 4.65. The summed E-state index contributed by atoms with van der Waals surface area (Å²) in [5.41, 5.74) is 0. The van der Waals surface area contributed by atoms with E-state index in [2.05, 4.69) is 13.8 Å². The number of hydrogen-bond acceptors (Lipinski definition) is 2. The highest BCUT2D eigenvalue weighted by Crippen LogP contribution is 2.15. The molecule has 2 atom stereocenters. The molecule has 0 aromatic rings. The van der Waals surface area contributed by atoms with E-state index >= 15 is 0 Å². The molecular weight excluding hydrogens is 272 g/mol. The van der Waals surface area contributed by atoms with Crippen LogP contribution < -0.4 is 0 Å². The summed E-state index contributed by atoms with van der Waals surface area (Å²) in [5, 5.41) is 19.9. The summed E-state index contributed by atoms with van der Waals surface area (Å²) in [6.45, 7) is 4.45. The standard InChI is InChI=1S/C20H42O2/c1-3-5-7-9-10-11-12-13-14-16-18-20(22)19(21)17-15-8-6-4-2/h19-22H,3-18H2,1-2H3. The summed E-state index contributed by atoms with van der Waals surface area (Å²) < 4.78 is 0. The predicted molar refractivity (Wildman–Crippen MR) is 97.2 cm³/mol. The van der Waals surface area contributed by atoms with Crippen LogP contribution in [0.15, 0.2) is 0 Å². The molecular formula is C20H42O2. The minimum Gasteiger partial charge on any atom is -0.390 e. The summed E-state index contributed by atoms with van der Waals surface area (Å²) in [6.07, 6.45) is 18.4. The lowest BCUT2D eigenvalue weighted by Crippen LogP contribution is -2.25. The molecule has 0 saturated carbocycles. The summed E-state index contributed by atoms with van der Waals surface area (Å²) in [7, 11) is 0. The Morgan fingerprint density at radius 1 is 0.455 bits per heavy atom. The first-order valence-electron chi connectivity index (χ1n) is 10.1. The normalized spacial score (nSPS) is 14.2. The Kier molecular flexibility index (Phi) is 17.2. The molecule has 2 heteroatoms. The fourth-order valence-electron chi connectivity index (χ4n) is 3.01. The maximum Gasteiger partial charge on any atom is 0.0799 e. The maximum atomic E-state index is 9.95. The molecule has 0 bridgehead atoms. The quantitative estimate of drug-likeness (QED) is 0.324. The summed E-state index contributed by atoms with van der Waals surface area (Å²) in [4.78, 5) is 0. The lowest BCUT2D eigenvalue weighted by Gasteiger charge is -2.17. The van der Waals surface area contributed by atoms with Crippen molar-refractivity contribution in [2.45, 2.75) is 129 Å². The summed E-state index contributed by atoms with van der Waals surface area (Å²) in [5.74, 6) is 0. The van der Waals surface area contributed by atoms with Gasteiger partial charge in [-0.3, -0.25) is 0 Å². The fraction of sp³-hybridized carbons (Fsp3) is 1.00. The Labute approximate surface area is 139 Å². The Bertz CT molecular complexity index is 206. The molecule has 0 heterocycles. The van der Waals surface area contributed by atoms with Gasteiger partial charge in [-0.05, 0) is 12.8 Å². The van der Waals surface area contributed by atoms with Crippen molar-refractivity contribution < 1.29 is 10.2 Å². The Morgan fingerprint density at radius 2 is 0.727 bits per heavy atom. The van der Waals surface area contributed by atoms with Gasteiger partial charge < -0.3 is 10.2 Å². The van der Waals surface area contributed by atoms with Crippen molar-refractivity contribution in [1.82, 2.24) is 0 Å². The first-order valence-corrected chi connectivity index (χ1v) is 10.1. The average molecular weight is 315 g/mol. The van der Waals surface area contributed by atoms with E-state index in [0.29, 0.717) is 0 Å². The molecule has 0 amide bonds. The SMILES string of the molecule is CCCCCCCCCCCCC(O)C(O)CCCCCC. The van der Waals surface area contributed by atoms with Crippen molar-refractivity contribution in [2.75, 3.05) is 0 Å². The number of rotatable bonds is 17. The second kappa shape index (κ2) is 17.3. The molecule has 2 unspecified atom stereocenters. The van der Waals surface area contributed by atoms with Gasteiger partial charge in [0.05, 0.1) is 12.2 Å². The van der Waals surface area contributed by atoms with Crippen LogP contribution in [-0.4, -0.2) is 22.4 Å². The van der Waals surface area contributed by atoms with Crippen molar-refractivity contribution in [3.05, 3.63) is 0 Å². The highest BCUT2D eigenvalue weighted by molar-refractivity contribution is 4.67. The molecule has 2 nitrogen and oxygen atoms in total. The van der Waals surface area contributed by atoms with Crippen LogP contribution in [0, 0.1) is 0 Å². The molecule has 0 spiro atoms. The van der Waals surface area contributed by atoms with Gasteiger partial charge in [-0.2, -0.15) is 0 Å². The molecule has 0 aliphatic carbocycles. The zero-order chi connectivity index (χ0) is 16.5. The molecule has 0 rings (SSSR count). The van der Waals surface area contributed by atoms with E-state index in [9.17, 15) is 10.2 Å².